The van der Waals surface area contributed by atoms with E-state index in [-0.39, 0.29) is 10.9 Å². The third-order valence-corrected chi connectivity index (χ3v) is 4.54. The number of hydrogen-bond acceptors (Lipinski definition) is 2. The number of aromatic nitrogens is 2. The Morgan fingerprint density at radius 1 is 1.20 bits per heavy atom. The van der Waals surface area contributed by atoms with E-state index in [1.165, 1.54) is 0 Å². The molecule has 0 N–H and O–H groups in total. The van der Waals surface area contributed by atoms with Gasteiger partial charge >= 0.3 is 0 Å². The van der Waals surface area contributed by atoms with Gasteiger partial charge in [0.25, 0.3) is 0 Å². The fraction of sp³-hybridized carbons (Fsp3) is 0.286. The minimum Gasteiger partial charge on any atom is -0.232 e. The van der Waals surface area contributed by atoms with Crippen LogP contribution in [-0.2, 0) is 0 Å². The molecule has 0 radical (unpaired) electrons. The Morgan fingerprint density at radius 2 is 1.85 bits per heavy atom. The quantitative estimate of drug-likeness (QED) is 0.489. The molecule has 1 aromatic heterocycles. The summed E-state index contributed by atoms with van der Waals surface area (Å²) < 4.78 is 14.8. The molecule has 20 heavy (non-hydrogen) atoms. The van der Waals surface area contributed by atoms with E-state index in [4.69, 9.17) is 23.2 Å². The van der Waals surface area contributed by atoms with Crippen LogP contribution in [0.4, 0.5) is 4.39 Å². The molecular weight excluding hydrogens is 366 g/mol. The summed E-state index contributed by atoms with van der Waals surface area (Å²) in [6.07, 6.45) is 0. The van der Waals surface area contributed by atoms with Crippen LogP contribution in [0.5, 0.6) is 0 Å². The number of hydrogen-bond donors (Lipinski definition) is 0. The molecule has 0 saturated heterocycles. The van der Waals surface area contributed by atoms with Crippen LogP contribution >= 0.6 is 39.1 Å². The predicted octanol–water partition coefficient (Wildman–Crippen LogP) is 5.78. The monoisotopic (exact) mass is 376 g/mol. The summed E-state index contributed by atoms with van der Waals surface area (Å²) in [6.45, 7) is 5.67. The van der Waals surface area contributed by atoms with Crippen molar-refractivity contribution in [1.29, 1.82) is 0 Å². The Bertz CT molecular complexity index is 675. The number of benzene rings is 1. The fourth-order valence-corrected chi connectivity index (χ4v) is 2.38. The maximum Gasteiger partial charge on any atom is 0.152 e. The molecule has 2 nitrogen and oxygen atoms in total. The Balaban J connectivity index is 2.72. The molecule has 0 bridgehead atoms. The molecule has 0 spiro atoms. The molecule has 0 aliphatic rings. The van der Waals surface area contributed by atoms with Crippen LogP contribution in [0.2, 0.25) is 10.2 Å². The summed E-state index contributed by atoms with van der Waals surface area (Å²) in [5.74, 6) is 0.156. The second-order valence-corrected chi connectivity index (χ2v) is 6.31. The van der Waals surface area contributed by atoms with Crippen molar-refractivity contribution in [2.45, 2.75) is 26.7 Å². The SMILES string of the molecule is Cc1c(Cl)nc(C(C)C)nc1-c1ccc(Br)c(Cl)c1F. The van der Waals surface area contributed by atoms with Crippen LogP contribution in [0.15, 0.2) is 16.6 Å². The minimum absolute atomic E-state index is 0.0303. The maximum absolute atomic E-state index is 14.3. The van der Waals surface area contributed by atoms with Gasteiger partial charge in [0.15, 0.2) is 5.82 Å². The lowest BCUT2D eigenvalue weighted by Crippen LogP contribution is -2.03. The van der Waals surface area contributed by atoms with Crippen molar-refractivity contribution in [3.63, 3.8) is 0 Å². The van der Waals surface area contributed by atoms with Crippen molar-refractivity contribution >= 4 is 39.1 Å². The van der Waals surface area contributed by atoms with Gasteiger partial charge < -0.3 is 0 Å². The van der Waals surface area contributed by atoms with Crippen LogP contribution < -0.4 is 0 Å². The second-order valence-electron chi connectivity index (χ2n) is 4.72. The van der Waals surface area contributed by atoms with Crippen LogP contribution in [-0.4, -0.2) is 9.97 Å². The average Bonchev–Trinajstić information content (AvgIpc) is 2.39. The van der Waals surface area contributed by atoms with Crippen molar-refractivity contribution in [2.75, 3.05) is 0 Å². The van der Waals surface area contributed by atoms with Gasteiger partial charge in [-0.3, -0.25) is 0 Å². The molecule has 0 aliphatic heterocycles. The molecule has 0 amide bonds. The Labute approximate surface area is 135 Å². The zero-order chi connectivity index (χ0) is 15.0. The van der Waals surface area contributed by atoms with Crippen LogP contribution in [0.25, 0.3) is 11.3 Å². The Morgan fingerprint density at radius 3 is 2.45 bits per heavy atom. The van der Waals surface area contributed by atoms with Gasteiger partial charge in [-0.05, 0) is 35.0 Å². The zero-order valence-corrected chi connectivity index (χ0v) is 14.2. The first-order valence-corrected chi connectivity index (χ1v) is 7.55. The minimum atomic E-state index is -0.520. The van der Waals surface area contributed by atoms with E-state index in [0.29, 0.717) is 32.3 Å². The van der Waals surface area contributed by atoms with E-state index in [2.05, 4.69) is 25.9 Å². The van der Waals surface area contributed by atoms with Gasteiger partial charge in [-0.2, -0.15) is 0 Å². The molecule has 2 rings (SSSR count). The lowest BCUT2D eigenvalue weighted by Gasteiger charge is -2.12. The first-order valence-electron chi connectivity index (χ1n) is 6.00. The largest absolute Gasteiger partial charge is 0.232 e. The maximum atomic E-state index is 14.3. The third kappa shape index (κ3) is 2.83. The molecule has 0 fully saturated rings. The molecule has 0 atom stereocenters. The van der Waals surface area contributed by atoms with Gasteiger partial charge in [0.1, 0.15) is 11.0 Å². The molecule has 0 unspecified atom stereocenters. The van der Waals surface area contributed by atoms with Crippen molar-refractivity contribution in [3.8, 4) is 11.3 Å². The average molecular weight is 378 g/mol. The van der Waals surface area contributed by atoms with Gasteiger partial charge in [0.2, 0.25) is 0 Å². The summed E-state index contributed by atoms with van der Waals surface area (Å²) in [4.78, 5) is 8.64. The van der Waals surface area contributed by atoms with Crippen LogP contribution in [0.3, 0.4) is 0 Å². The molecule has 2 aromatic rings. The highest BCUT2D eigenvalue weighted by atomic mass is 79.9. The first kappa shape index (κ1) is 15.7. The van der Waals surface area contributed by atoms with E-state index >= 15 is 0 Å². The Hall–Kier alpha value is -0.710. The van der Waals surface area contributed by atoms with Crippen molar-refractivity contribution in [1.82, 2.24) is 9.97 Å². The van der Waals surface area contributed by atoms with Gasteiger partial charge in [-0.25, -0.2) is 14.4 Å². The Kier molecular flexibility index (Phi) is 4.67. The lowest BCUT2D eigenvalue weighted by molar-refractivity contribution is 0.629. The molecule has 6 heteroatoms. The first-order chi connectivity index (χ1) is 9.32. The topological polar surface area (TPSA) is 25.8 Å². The number of rotatable bonds is 2. The smallest absolute Gasteiger partial charge is 0.152 e. The van der Waals surface area contributed by atoms with E-state index in [9.17, 15) is 4.39 Å². The molecule has 106 valence electrons. The summed E-state index contributed by atoms with van der Waals surface area (Å²) in [7, 11) is 0. The van der Waals surface area contributed by atoms with Crippen molar-refractivity contribution in [2.24, 2.45) is 0 Å². The summed E-state index contributed by atoms with van der Waals surface area (Å²) >= 11 is 15.2. The lowest BCUT2D eigenvalue weighted by atomic mass is 10.1. The van der Waals surface area contributed by atoms with E-state index in [1.807, 2.05) is 13.8 Å². The summed E-state index contributed by atoms with van der Waals surface area (Å²) in [6, 6.07) is 3.31. The summed E-state index contributed by atoms with van der Waals surface area (Å²) in [5.41, 5.74) is 1.43. The number of nitrogens with zero attached hydrogens (tertiary/aromatic N) is 2. The van der Waals surface area contributed by atoms with E-state index in [0.717, 1.165) is 0 Å². The number of halogens is 4. The highest BCUT2D eigenvalue weighted by Crippen LogP contribution is 2.35. The van der Waals surface area contributed by atoms with Crippen molar-refractivity contribution < 1.29 is 4.39 Å². The normalized spacial score (nSPS) is 11.2. The highest BCUT2D eigenvalue weighted by molar-refractivity contribution is 9.10. The molecular formula is C14H12BrCl2FN2. The highest BCUT2D eigenvalue weighted by Gasteiger charge is 2.18. The fourth-order valence-electron chi connectivity index (χ4n) is 1.73. The van der Waals surface area contributed by atoms with Crippen molar-refractivity contribution in [3.05, 3.63) is 44.0 Å². The van der Waals surface area contributed by atoms with Crippen LogP contribution in [0, 0.1) is 12.7 Å². The molecule has 0 aliphatic carbocycles. The molecule has 1 heterocycles. The van der Waals surface area contributed by atoms with Crippen LogP contribution in [0.1, 0.15) is 31.2 Å². The molecule has 0 saturated carbocycles. The molecule has 1 aromatic carbocycles. The predicted molar refractivity (Wildman–Crippen MR) is 84.0 cm³/mol. The van der Waals surface area contributed by atoms with E-state index in [1.54, 1.807) is 19.1 Å². The van der Waals surface area contributed by atoms with Gasteiger partial charge in [0.05, 0.1) is 10.7 Å². The van der Waals surface area contributed by atoms with E-state index < -0.39 is 5.82 Å². The zero-order valence-electron chi connectivity index (χ0n) is 11.1. The van der Waals surface area contributed by atoms with Gasteiger partial charge in [-0.1, -0.05) is 37.0 Å². The van der Waals surface area contributed by atoms with Gasteiger partial charge in [-0.15, -0.1) is 0 Å². The van der Waals surface area contributed by atoms with Gasteiger partial charge in [0, 0.05) is 21.5 Å². The third-order valence-electron chi connectivity index (χ3n) is 2.91. The summed E-state index contributed by atoms with van der Waals surface area (Å²) in [5, 5.41) is 0.361. The standard InChI is InChI=1S/C14H12BrCl2FN2/c1-6(2)14-19-12(7(3)13(17)20-14)8-4-5-9(15)10(16)11(8)18/h4-6H,1-3H3. The second kappa shape index (κ2) is 5.96.